The molecule has 0 bridgehead atoms. The minimum atomic E-state index is 0.232. The molecule has 56 valence electrons. The van der Waals surface area contributed by atoms with Gasteiger partial charge in [0.05, 0.1) is 5.69 Å². The van der Waals surface area contributed by atoms with E-state index in [0.29, 0.717) is 0 Å². The molecule has 11 heavy (non-hydrogen) atoms. The summed E-state index contributed by atoms with van der Waals surface area (Å²) in [7, 11) is 0. The van der Waals surface area contributed by atoms with E-state index >= 15 is 0 Å². The van der Waals surface area contributed by atoms with Gasteiger partial charge in [-0.1, -0.05) is 0 Å². The van der Waals surface area contributed by atoms with Gasteiger partial charge in [-0.25, -0.2) is 0 Å². The van der Waals surface area contributed by atoms with E-state index in [9.17, 15) is 0 Å². The second-order valence-corrected chi connectivity index (χ2v) is 2.25. The minimum absolute atomic E-state index is 0.232. The number of anilines is 1. The van der Waals surface area contributed by atoms with E-state index < -0.39 is 0 Å². The Morgan fingerprint density at radius 2 is 2.27 bits per heavy atom. The molecule has 0 aliphatic carbocycles. The number of rotatable bonds is 0. The van der Waals surface area contributed by atoms with E-state index in [4.69, 9.17) is 9.84 Å². The number of phenols is 1. The number of fused-ring (bicyclic) bond motifs is 1. The summed E-state index contributed by atoms with van der Waals surface area (Å²) in [5.74, 6) is 0.959. The molecule has 1 aliphatic rings. The molecule has 0 fully saturated rings. The van der Waals surface area contributed by atoms with Crippen molar-refractivity contribution >= 4 is 5.69 Å². The van der Waals surface area contributed by atoms with Gasteiger partial charge >= 0.3 is 0 Å². The highest BCUT2D eigenvalue weighted by Crippen LogP contribution is 2.30. The molecule has 2 rings (SSSR count). The van der Waals surface area contributed by atoms with Gasteiger partial charge in [-0.15, -0.1) is 0 Å². The van der Waals surface area contributed by atoms with Gasteiger partial charge < -0.3 is 15.2 Å². The SMILES string of the molecule is Oc1ccc2c(c1)NC=CO2. The molecular formula is C8H7NO2. The first-order valence-corrected chi connectivity index (χ1v) is 3.27. The smallest absolute Gasteiger partial charge is 0.150 e. The predicted octanol–water partition coefficient (Wildman–Crippen LogP) is 1.67. The summed E-state index contributed by atoms with van der Waals surface area (Å²) < 4.78 is 5.12. The van der Waals surface area contributed by atoms with Crippen LogP contribution in [0, 0.1) is 0 Å². The van der Waals surface area contributed by atoms with Crippen molar-refractivity contribution in [2.45, 2.75) is 0 Å². The van der Waals surface area contributed by atoms with Gasteiger partial charge in [0, 0.05) is 12.3 Å². The molecule has 0 saturated heterocycles. The maximum absolute atomic E-state index is 9.07. The van der Waals surface area contributed by atoms with Crippen LogP contribution in [0.1, 0.15) is 0 Å². The molecule has 0 amide bonds. The lowest BCUT2D eigenvalue weighted by molar-refractivity contribution is 0.462. The topological polar surface area (TPSA) is 41.5 Å². The first-order chi connectivity index (χ1) is 5.36. The fourth-order valence-electron chi connectivity index (χ4n) is 0.965. The quantitative estimate of drug-likeness (QED) is 0.589. The van der Waals surface area contributed by atoms with Gasteiger partial charge in [-0.3, -0.25) is 0 Å². The number of benzene rings is 1. The summed E-state index contributed by atoms with van der Waals surface area (Å²) in [6, 6.07) is 4.90. The van der Waals surface area contributed by atoms with Crippen LogP contribution in [0.5, 0.6) is 11.5 Å². The molecule has 3 nitrogen and oxygen atoms in total. The van der Waals surface area contributed by atoms with Gasteiger partial charge in [0.15, 0.2) is 0 Å². The number of phenolic OH excluding ortho intramolecular Hbond substituents is 1. The molecule has 1 aromatic carbocycles. The maximum atomic E-state index is 9.07. The lowest BCUT2D eigenvalue weighted by Gasteiger charge is -2.12. The van der Waals surface area contributed by atoms with Gasteiger partial charge in [-0.05, 0) is 12.1 Å². The van der Waals surface area contributed by atoms with Crippen LogP contribution < -0.4 is 10.1 Å². The zero-order valence-electron chi connectivity index (χ0n) is 5.74. The van der Waals surface area contributed by atoms with Crippen molar-refractivity contribution in [3.63, 3.8) is 0 Å². The molecule has 1 aliphatic heterocycles. The second-order valence-electron chi connectivity index (χ2n) is 2.25. The maximum Gasteiger partial charge on any atom is 0.150 e. The third-order valence-corrected chi connectivity index (χ3v) is 1.47. The van der Waals surface area contributed by atoms with Crippen molar-refractivity contribution in [1.29, 1.82) is 0 Å². The molecular weight excluding hydrogens is 142 g/mol. The van der Waals surface area contributed by atoms with Gasteiger partial charge in [-0.2, -0.15) is 0 Å². The summed E-state index contributed by atoms with van der Waals surface area (Å²) in [5, 5.41) is 12.0. The standard InChI is InChI=1S/C8H7NO2/c10-6-1-2-8-7(5-6)9-3-4-11-8/h1-5,9-10H. The number of ether oxygens (including phenoxy) is 1. The number of hydrogen-bond donors (Lipinski definition) is 2. The fraction of sp³-hybridized carbons (Fsp3) is 0. The first kappa shape index (κ1) is 6.09. The van der Waals surface area contributed by atoms with Crippen molar-refractivity contribution in [3.05, 3.63) is 30.7 Å². The largest absolute Gasteiger partial charge is 0.508 e. The van der Waals surface area contributed by atoms with Crippen molar-refractivity contribution in [2.24, 2.45) is 0 Å². The number of hydrogen-bond acceptors (Lipinski definition) is 3. The van der Waals surface area contributed by atoms with E-state index in [0.717, 1.165) is 11.4 Å². The third-order valence-electron chi connectivity index (χ3n) is 1.47. The highest BCUT2D eigenvalue weighted by atomic mass is 16.5. The molecule has 0 saturated carbocycles. The Hall–Kier alpha value is -1.64. The Balaban J connectivity index is 2.48. The molecule has 0 spiro atoms. The highest BCUT2D eigenvalue weighted by molar-refractivity contribution is 5.62. The Morgan fingerprint density at radius 3 is 3.18 bits per heavy atom. The molecule has 0 radical (unpaired) electrons. The summed E-state index contributed by atoms with van der Waals surface area (Å²) >= 11 is 0. The molecule has 0 atom stereocenters. The van der Waals surface area contributed by atoms with Crippen LogP contribution in [0.25, 0.3) is 0 Å². The van der Waals surface area contributed by atoms with Crippen LogP contribution in [0.4, 0.5) is 5.69 Å². The van der Waals surface area contributed by atoms with E-state index in [1.165, 1.54) is 0 Å². The van der Waals surface area contributed by atoms with Crippen molar-refractivity contribution < 1.29 is 9.84 Å². The second kappa shape index (κ2) is 2.20. The third kappa shape index (κ3) is 1.00. The van der Waals surface area contributed by atoms with E-state index in [1.807, 2.05) is 0 Å². The molecule has 2 N–H and O–H groups in total. The van der Waals surface area contributed by atoms with Crippen molar-refractivity contribution in [2.75, 3.05) is 5.32 Å². The lowest BCUT2D eigenvalue weighted by Crippen LogP contribution is -1.98. The molecule has 0 aromatic heterocycles. The summed E-state index contributed by atoms with van der Waals surface area (Å²) in [5.41, 5.74) is 0.785. The Bertz CT molecular complexity index is 307. The minimum Gasteiger partial charge on any atom is -0.508 e. The fourth-order valence-corrected chi connectivity index (χ4v) is 0.965. The number of aromatic hydroxyl groups is 1. The average molecular weight is 149 g/mol. The zero-order chi connectivity index (χ0) is 7.68. The van der Waals surface area contributed by atoms with E-state index in [1.54, 1.807) is 30.7 Å². The van der Waals surface area contributed by atoms with Gasteiger partial charge in [0.2, 0.25) is 0 Å². The summed E-state index contributed by atoms with van der Waals surface area (Å²) in [4.78, 5) is 0. The molecule has 1 heterocycles. The highest BCUT2D eigenvalue weighted by Gasteiger charge is 2.05. The average Bonchev–Trinajstić information content (AvgIpc) is 2.04. The summed E-state index contributed by atoms with van der Waals surface area (Å²) in [6.07, 6.45) is 3.22. The Kier molecular flexibility index (Phi) is 1.22. The molecule has 3 heteroatoms. The normalized spacial score (nSPS) is 13.1. The van der Waals surface area contributed by atoms with Crippen LogP contribution in [-0.2, 0) is 0 Å². The van der Waals surface area contributed by atoms with Crippen LogP contribution >= 0.6 is 0 Å². The lowest BCUT2D eigenvalue weighted by atomic mass is 10.2. The molecule has 0 unspecified atom stereocenters. The van der Waals surface area contributed by atoms with Gasteiger partial charge in [0.25, 0.3) is 0 Å². The van der Waals surface area contributed by atoms with Crippen LogP contribution in [-0.4, -0.2) is 5.11 Å². The Labute approximate surface area is 63.9 Å². The van der Waals surface area contributed by atoms with Crippen LogP contribution in [0.3, 0.4) is 0 Å². The zero-order valence-corrected chi connectivity index (χ0v) is 5.74. The van der Waals surface area contributed by atoms with Crippen molar-refractivity contribution in [3.8, 4) is 11.5 Å². The van der Waals surface area contributed by atoms with E-state index in [2.05, 4.69) is 5.32 Å². The van der Waals surface area contributed by atoms with Crippen LogP contribution in [0.15, 0.2) is 30.7 Å². The van der Waals surface area contributed by atoms with Gasteiger partial charge in [0.1, 0.15) is 17.8 Å². The number of nitrogens with one attached hydrogen (secondary N) is 1. The summed E-state index contributed by atoms with van der Waals surface area (Å²) in [6.45, 7) is 0. The van der Waals surface area contributed by atoms with Crippen molar-refractivity contribution in [1.82, 2.24) is 0 Å². The van der Waals surface area contributed by atoms with Crippen LogP contribution in [0.2, 0.25) is 0 Å². The first-order valence-electron chi connectivity index (χ1n) is 3.27. The Morgan fingerprint density at radius 1 is 1.36 bits per heavy atom. The monoisotopic (exact) mass is 149 g/mol. The van der Waals surface area contributed by atoms with E-state index in [-0.39, 0.29) is 5.75 Å². The molecule has 1 aromatic rings. The predicted molar refractivity (Wildman–Crippen MR) is 41.5 cm³/mol.